The number of fused-ring (bicyclic) bond motifs is 1. The monoisotopic (exact) mass is 327 g/mol. The summed E-state index contributed by atoms with van der Waals surface area (Å²) in [7, 11) is 0. The largest absolute Gasteiger partial charge is 1.00 e. The van der Waals surface area contributed by atoms with Crippen molar-refractivity contribution in [2.24, 2.45) is 0 Å². The highest BCUT2D eigenvalue weighted by Gasteiger charge is 2.01. The number of rotatable bonds is 0. The van der Waals surface area contributed by atoms with Crippen LogP contribution in [0, 0.1) is 3.57 Å². The third kappa shape index (κ3) is 3.06. The molecule has 5 N–H and O–H groups in total. The molecular formula is C9H11ClINO2. The van der Waals surface area contributed by atoms with Gasteiger partial charge in [0.2, 0.25) is 5.52 Å². The van der Waals surface area contributed by atoms with Crippen molar-refractivity contribution in [3.63, 3.8) is 0 Å². The first kappa shape index (κ1) is 16.0. The summed E-state index contributed by atoms with van der Waals surface area (Å²) in [6.07, 6.45) is 1.95. The van der Waals surface area contributed by atoms with Crippen LogP contribution in [-0.4, -0.2) is 11.0 Å². The maximum absolute atomic E-state index is 3.21. The Morgan fingerprint density at radius 2 is 1.64 bits per heavy atom. The highest BCUT2D eigenvalue weighted by Crippen LogP contribution is 2.14. The molecular weight excluding hydrogens is 316 g/mol. The van der Waals surface area contributed by atoms with Gasteiger partial charge in [0, 0.05) is 11.5 Å². The Bertz CT molecular complexity index is 392. The molecule has 0 spiro atoms. The van der Waals surface area contributed by atoms with E-state index >= 15 is 0 Å². The van der Waals surface area contributed by atoms with Crippen LogP contribution in [0.25, 0.3) is 10.9 Å². The maximum Gasteiger partial charge on any atom is 0.224 e. The third-order valence-electron chi connectivity index (χ3n) is 1.65. The van der Waals surface area contributed by atoms with E-state index in [9.17, 15) is 0 Å². The van der Waals surface area contributed by atoms with Gasteiger partial charge in [0.05, 0.1) is 3.57 Å². The molecule has 1 heterocycles. The first-order chi connectivity index (χ1) is 5.38. The summed E-state index contributed by atoms with van der Waals surface area (Å²) in [5, 5.41) is 1.26. The SMILES string of the molecule is Ic1cccc2ccc[nH+]c12.O.O.[Cl-]. The van der Waals surface area contributed by atoms with Gasteiger partial charge < -0.3 is 23.4 Å². The van der Waals surface area contributed by atoms with Gasteiger partial charge in [0.1, 0.15) is 0 Å². The summed E-state index contributed by atoms with van der Waals surface area (Å²) < 4.78 is 1.26. The summed E-state index contributed by atoms with van der Waals surface area (Å²) in [5.74, 6) is 0. The standard InChI is InChI=1S/C9H6IN.ClH.2H2O/c10-8-5-1-3-7-4-2-6-11-9(7)8;;;/h1-6H;1H;2*1H2. The van der Waals surface area contributed by atoms with Gasteiger partial charge in [-0.25, -0.2) is 4.98 Å². The molecule has 0 atom stereocenters. The highest BCUT2D eigenvalue weighted by atomic mass is 127. The second kappa shape index (κ2) is 6.94. The molecule has 0 saturated carbocycles. The van der Waals surface area contributed by atoms with Crippen LogP contribution >= 0.6 is 22.6 Å². The van der Waals surface area contributed by atoms with E-state index in [1.54, 1.807) is 0 Å². The third-order valence-corrected chi connectivity index (χ3v) is 2.54. The normalized spacial score (nSPS) is 8.07. The lowest BCUT2D eigenvalue weighted by molar-refractivity contribution is -0.345. The molecule has 3 nitrogen and oxygen atoms in total. The van der Waals surface area contributed by atoms with Crippen LogP contribution in [0.2, 0.25) is 0 Å². The van der Waals surface area contributed by atoms with Gasteiger partial charge in [-0.05, 0) is 40.8 Å². The van der Waals surface area contributed by atoms with Crippen molar-refractivity contribution < 1.29 is 28.3 Å². The molecule has 0 unspecified atom stereocenters. The highest BCUT2D eigenvalue weighted by molar-refractivity contribution is 14.1. The van der Waals surface area contributed by atoms with Gasteiger partial charge in [-0.15, -0.1) is 0 Å². The molecule has 0 aliphatic carbocycles. The molecule has 0 aliphatic heterocycles. The van der Waals surface area contributed by atoms with Crippen molar-refractivity contribution in [1.82, 2.24) is 0 Å². The zero-order valence-corrected chi connectivity index (χ0v) is 10.1. The van der Waals surface area contributed by atoms with Crippen LogP contribution in [0.1, 0.15) is 0 Å². The summed E-state index contributed by atoms with van der Waals surface area (Å²) >= 11 is 2.33. The zero-order chi connectivity index (χ0) is 7.68. The lowest BCUT2D eigenvalue weighted by Gasteiger charge is -1.91. The van der Waals surface area contributed by atoms with Gasteiger partial charge in [-0.3, -0.25) is 0 Å². The summed E-state index contributed by atoms with van der Waals surface area (Å²) in [4.78, 5) is 3.21. The van der Waals surface area contributed by atoms with Crippen molar-refractivity contribution in [3.05, 3.63) is 40.1 Å². The minimum Gasteiger partial charge on any atom is -1.00 e. The Morgan fingerprint density at radius 1 is 1.00 bits per heavy atom. The minimum atomic E-state index is 0. The Morgan fingerprint density at radius 3 is 2.29 bits per heavy atom. The van der Waals surface area contributed by atoms with E-state index in [1.165, 1.54) is 14.5 Å². The van der Waals surface area contributed by atoms with Crippen LogP contribution in [0.5, 0.6) is 0 Å². The second-order valence-electron chi connectivity index (χ2n) is 2.37. The van der Waals surface area contributed by atoms with Gasteiger partial charge in [0.15, 0.2) is 6.20 Å². The fraction of sp³-hybridized carbons (Fsp3) is 0. The predicted octanol–water partition coefficient (Wildman–Crippen LogP) is -2.39. The smallest absolute Gasteiger partial charge is 0.224 e. The second-order valence-corrected chi connectivity index (χ2v) is 3.54. The van der Waals surface area contributed by atoms with Crippen LogP contribution in [-0.2, 0) is 0 Å². The van der Waals surface area contributed by atoms with Crippen LogP contribution < -0.4 is 17.4 Å². The quantitative estimate of drug-likeness (QED) is 0.484. The number of nitrogens with one attached hydrogen (secondary N) is 1. The number of hydrogen-bond donors (Lipinski definition) is 0. The molecule has 0 aliphatic rings. The van der Waals surface area contributed by atoms with Crippen molar-refractivity contribution in [2.45, 2.75) is 0 Å². The number of aromatic nitrogens is 1. The number of aromatic amines is 1. The Balaban J connectivity index is 0. The molecule has 78 valence electrons. The van der Waals surface area contributed by atoms with E-state index in [0.717, 1.165) is 0 Å². The van der Waals surface area contributed by atoms with Crippen LogP contribution in [0.4, 0.5) is 0 Å². The molecule has 0 saturated heterocycles. The Hall–Kier alpha value is -0.430. The first-order valence-electron chi connectivity index (χ1n) is 3.43. The molecule has 14 heavy (non-hydrogen) atoms. The van der Waals surface area contributed by atoms with Gasteiger partial charge in [-0.2, -0.15) is 0 Å². The Labute approximate surface area is 102 Å². The number of pyridine rings is 1. The average Bonchev–Trinajstić information content (AvgIpc) is 2.06. The lowest BCUT2D eigenvalue weighted by Crippen LogP contribution is -3.00. The average molecular weight is 328 g/mol. The summed E-state index contributed by atoms with van der Waals surface area (Å²) in [6.45, 7) is 0. The van der Waals surface area contributed by atoms with Gasteiger partial charge in [0.25, 0.3) is 0 Å². The molecule has 2 rings (SSSR count). The molecule has 0 amide bonds. The van der Waals surface area contributed by atoms with E-state index < -0.39 is 0 Å². The van der Waals surface area contributed by atoms with Crippen LogP contribution in [0.15, 0.2) is 36.5 Å². The number of H-pyrrole nitrogens is 1. The van der Waals surface area contributed by atoms with Crippen LogP contribution in [0.3, 0.4) is 0 Å². The molecule has 0 bridgehead atoms. The van der Waals surface area contributed by atoms with Crippen molar-refractivity contribution >= 4 is 33.5 Å². The molecule has 1 aromatic carbocycles. The van der Waals surface area contributed by atoms with Crippen molar-refractivity contribution in [1.29, 1.82) is 0 Å². The van der Waals surface area contributed by atoms with Crippen molar-refractivity contribution in [3.8, 4) is 0 Å². The molecule has 0 fully saturated rings. The first-order valence-corrected chi connectivity index (χ1v) is 4.51. The van der Waals surface area contributed by atoms with E-state index in [2.05, 4.69) is 51.8 Å². The van der Waals surface area contributed by atoms with Gasteiger partial charge >= 0.3 is 0 Å². The number of halogens is 2. The molecule has 0 radical (unpaired) electrons. The number of benzene rings is 1. The lowest BCUT2D eigenvalue weighted by atomic mass is 10.2. The fourth-order valence-corrected chi connectivity index (χ4v) is 1.79. The molecule has 5 heteroatoms. The van der Waals surface area contributed by atoms with E-state index in [0.29, 0.717) is 0 Å². The zero-order valence-electron chi connectivity index (χ0n) is 7.22. The number of para-hydroxylation sites is 1. The Kier molecular flexibility index (Phi) is 7.94. The summed E-state index contributed by atoms with van der Waals surface area (Å²) in [5.41, 5.74) is 1.22. The van der Waals surface area contributed by atoms with Gasteiger partial charge in [-0.1, -0.05) is 6.07 Å². The number of hydrogen-bond acceptors (Lipinski definition) is 0. The van der Waals surface area contributed by atoms with E-state index in [1.807, 2.05) is 12.3 Å². The molecule has 1 aromatic heterocycles. The maximum atomic E-state index is 3.21. The topological polar surface area (TPSA) is 77.1 Å². The van der Waals surface area contributed by atoms with Crippen molar-refractivity contribution in [2.75, 3.05) is 0 Å². The van der Waals surface area contributed by atoms with E-state index in [-0.39, 0.29) is 23.4 Å². The minimum absolute atomic E-state index is 0. The fourth-order valence-electron chi connectivity index (χ4n) is 1.12. The van der Waals surface area contributed by atoms with E-state index in [4.69, 9.17) is 0 Å². The molecule has 2 aromatic rings. The predicted molar refractivity (Wildman–Crippen MR) is 60.4 cm³/mol. The summed E-state index contributed by atoms with van der Waals surface area (Å²) in [6, 6.07) is 10.4.